The summed E-state index contributed by atoms with van der Waals surface area (Å²) >= 11 is 0. The minimum atomic E-state index is -4.74. The molecule has 0 saturated heterocycles. The molecule has 0 spiro atoms. The fraction of sp³-hybridized carbons (Fsp3) is 0. The van der Waals surface area contributed by atoms with E-state index in [0.717, 1.165) is 12.1 Å². The molecule has 0 saturated carbocycles. The number of phenolic OH excluding ortho intramolecular Hbond substituents is 1. The maximum absolute atomic E-state index is 11.1. The Labute approximate surface area is 91.1 Å². The molecule has 0 aliphatic heterocycles. The maximum Gasteiger partial charge on any atom is 0.312 e. The molecule has 8 nitrogen and oxygen atoms in total. The van der Waals surface area contributed by atoms with Gasteiger partial charge in [0.1, 0.15) is 10.6 Å². The molecule has 0 heterocycles. The van der Waals surface area contributed by atoms with Crippen LogP contribution in [0.5, 0.6) is 5.75 Å². The number of hydrogen-bond donors (Lipinski definition) is 3. The van der Waals surface area contributed by atoms with E-state index in [4.69, 9.17) is 9.66 Å². The summed E-state index contributed by atoms with van der Waals surface area (Å²) in [6.45, 7) is 0. The Kier molecular flexibility index (Phi) is 3.21. The molecule has 1 rings (SSSR count). The molecular formula is C6H7NO7S2. The van der Waals surface area contributed by atoms with Crippen molar-refractivity contribution in [1.82, 2.24) is 0 Å². The summed E-state index contributed by atoms with van der Waals surface area (Å²) in [5, 5.41) is 9.10. The highest BCUT2D eigenvalue weighted by molar-refractivity contribution is 7.87. The number of nitrogens with two attached hydrogens (primary N) is 1. The quantitative estimate of drug-likeness (QED) is 0.478. The smallest absolute Gasteiger partial charge is 0.312 e. The zero-order valence-corrected chi connectivity index (χ0v) is 9.19. The lowest BCUT2D eigenvalue weighted by Gasteiger charge is -2.04. The first-order chi connectivity index (χ1) is 7.18. The van der Waals surface area contributed by atoms with Gasteiger partial charge in [-0.2, -0.15) is 27.0 Å². The van der Waals surface area contributed by atoms with Crippen molar-refractivity contribution < 1.29 is 30.8 Å². The molecule has 0 bridgehead atoms. The van der Waals surface area contributed by atoms with Gasteiger partial charge in [-0.1, -0.05) is 0 Å². The summed E-state index contributed by atoms with van der Waals surface area (Å²) in [6, 6.07) is 2.16. The van der Waals surface area contributed by atoms with Crippen LogP contribution < -0.4 is 5.90 Å². The van der Waals surface area contributed by atoms with Gasteiger partial charge in [-0.15, -0.1) is 0 Å². The summed E-state index contributed by atoms with van der Waals surface area (Å²) in [4.78, 5) is -1.56. The number of aromatic hydroxyl groups is 1. The Morgan fingerprint density at radius 2 is 1.75 bits per heavy atom. The second kappa shape index (κ2) is 3.99. The van der Waals surface area contributed by atoms with E-state index in [1.807, 2.05) is 0 Å². The van der Waals surface area contributed by atoms with Crippen LogP contribution in [0, 0.1) is 0 Å². The summed E-state index contributed by atoms with van der Waals surface area (Å²) in [5.74, 6) is 3.68. The number of rotatable bonds is 3. The summed E-state index contributed by atoms with van der Waals surface area (Å²) in [7, 11) is -9.04. The van der Waals surface area contributed by atoms with Gasteiger partial charge in [0.05, 0.1) is 4.90 Å². The molecule has 1 aromatic rings. The highest BCUT2D eigenvalue weighted by Crippen LogP contribution is 2.25. The molecule has 0 fully saturated rings. The van der Waals surface area contributed by atoms with Crippen molar-refractivity contribution in [3.05, 3.63) is 18.2 Å². The molecule has 90 valence electrons. The zero-order valence-electron chi connectivity index (χ0n) is 7.56. The second-order valence-electron chi connectivity index (χ2n) is 2.65. The Morgan fingerprint density at radius 3 is 2.19 bits per heavy atom. The monoisotopic (exact) mass is 269 g/mol. The van der Waals surface area contributed by atoms with Gasteiger partial charge in [0.2, 0.25) is 0 Å². The molecule has 1 aromatic carbocycles. The molecule has 16 heavy (non-hydrogen) atoms. The predicted molar refractivity (Wildman–Crippen MR) is 50.4 cm³/mol. The van der Waals surface area contributed by atoms with E-state index >= 15 is 0 Å². The maximum atomic E-state index is 11.1. The van der Waals surface area contributed by atoms with E-state index in [2.05, 4.69) is 10.2 Å². The standard InChI is InChI=1S/C6H7NO7S2/c7-14-16(12,13)4-1-2-5(8)6(3-4)15(9,10)11/h1-3,8H,7H2,(H,9,10,11). The van der Waals surface area contributed by atoms with Gasteiger partial charge in [0, 0.05) is 0 Å². The molecule has 0 aliphatic carbocycles. The van der Waals surface area contributed by atoms with Crippen molar-refractivity contribution >= 4 is 20.2 Å². The van der Waals surface area contributed by atoms with Gasteiger partial charge >= 0.3 is 10.1 Å². The van der Waals surface area contributed by atoms with Crippen molar-refractivity contribution in [2.24, 2.45) is 5.90 Å². The zero-order chi connectivity index (χ0) is 12.6. The first-order valence-corrected chi connectivity index (χ1v) is 6.47. The fourth-order valence-corrected chi connectivity index (χ4v) is 2.20. The molecule has 0 aliphatic rings. The van der Waals surface area contributed by atoms with Crippen LogP contribution in [0.25, 0.3) is 0 Å². The van der Waals surface area contributed by atoms with Crippen molar-refractivity contribution in [1.29, 1.82) is 0 Å². The topological polar surface area (TPSA) is 144 Å². The first kappa shape index (κ1) is 12.9. The van der Waals surface area contributed by atoms with Gasteiger partial charge in [-0.3, -0.25) is 4.55 Å². The van der Waals surface area contributed by atoms with Crippen LogP contribution in [0.4, 0.5) is 0 Å². The van der Waals surface area contributed by atoms with Gasteiger partial charge in [-0.25, -0.2) is 0 Å². The third kappa shape index (κ3) is 2.48. The molecular weight excluding hydrogens is 262 g/mol. The van der Waals surface area contributed by atoms with Gasteiger partial charge < -0.3 is 5.11 Å². The molecule has 0 radical (unpaired) electrons. The van der Waals surface area contributed by atoms with Crippen LogP contribution in [0.3, 0.4) is 0 Å². The Hall–Kier alpha value is -1.20. The Bertz CT molecular complexity index is 604. The fourth-order valence-electron chi connectivity index (χ4n) is 0.912. The Balaban J connectivity index is 3.53. The van der Waals surface area contributed by atoms with E-state index in [1.165, 1.54) is 0 Å². The highest BCUT2D eigenvalue weighted by Gasteiger charge is 2.21. The minimum absolute atomic E-state index is 0.521. The van der Waals surface area contributed by atoms with E-state index < -0.39 is 35.8 Å². The molecule has 4 N–H and O–H groups in total. The summed E-state index contributed by atoms with van der Waals surface area (Å²) < 4.78 is 56.0. The van der Waals surface area contributed by atoms with Crippen LogP contribution in [-0.4, -0.2) is 26.5 Å². The molecule has 0 unspecified atom stereocenters. The van der Waals surface area contributed by atoms with Crippen LogP contribution in [0.1, 0.15) is 0 Å². The summed E-state index contributed by atoms with van der Waals surface area (Å²) in [5.41, 5.74) is 0. The van der Waals surface area contributed by atoms with Crippen molar-refractivity contribution in [3.63, 3.8) is 0 Å². The third-order valence-electron chi connectivity index (χ3n) is 1.62. The van der Waals surface area contributed by atoms with E-state index in [-0.39, 0.29) is 0 Å². The number of benzene rings is 1. The average Bonchev–Trinajstić information content (AvgIpc) is 2.16. The van der Waals surface area contributed by atoms with Crippen LogP contribution in [0.15, 0.2) is 28.0 Å². The average molecular weight is 269 g/mol. The molecule has 0 atom stereocenters. The van der Waals surface area contributed by atoms with Crippen LogP contribution >= 0.6 is 0 Å². The second-order valence-corrected chi connectivity index (χ2v) is 5.62. The lowest BCUT2D eigenvalue weighted by atomic mass is 10.3. The first-order valence-electron chi connectivity index (χ1n) is 3.62. The minimum Gasteiger partial charge on any atom is -0.506 e. The SMILES string of the molecule is NOS(=O)(=O)c1ccc(O)c(S(=O)(=O)O)c1. The van der Waals surface area contributed by atoms with Gasteiger partial charge in [-0.05, 0) is 18.2 Å². The van der Waals surface area contributed by atoms with Crippen LogP contribution in [0.2, 0.25) is 0 Å². The van der Waals surface area contributed by atoms with Gasteiger partial charge in [0.25, 0.3) is 10.1 Å². The van der Waals surface area contributed by atoms with Crippen molar-refractivity contribution in [2.75, 3.05) is 0 Å². The largest absolute Gasteiger partial charge is 0.506 e. The van der Waals surface area contributed by atoms with Crippen LogP contribution in [-0.2, 0) is 24.5 Å². The lowest BCUT2D eigenvalue weighted by molar-refractivity contribution is 0.332. The molecule has 0 amide bonds. The normalized spacial score (nSPS) is 12.6. The van der Waals surface area contributed by atoms with Crippen molar-refractivity contribution in [2.45, 2.75) is 9.79 Å². The summed E-state index contributed by atoms with van der Waals surface area (Å²) in [6.07, 6.45) is 0. The molecule has 0 aromatic heterocycles. The van der Waals surface area contributed by atoms with Gasteiger partial charge in [0.15, 0.2) is 0 Å². The predicted octanol–water partition coefficient (Wildman–Crippen LogP) is -0.782. The number of phenols is 1. The molecule has 10 heteroatoms. The number of hydrogen-bond acceptors (Lipinski definition) is 7. The van der Waals surface area contributed by atoms with E-state index in [1.54, 1.807) is 0 Å². The highest BCUT2D eigenvalue weighted by atomic mass is 32.2. The van der Waals surface area contributed by atoms with E-state index in [0.29, 0.717) is 6.07 Å². The van der Waals surface area contributed by atoms with E-state index in [9.17, 15) is 16.8 Å². The van der Waals surface area contributed by atoms with Crippen molar-refractivity contribution in [3.8, 4) is 5.75 Å². The lowest BCUT2D eigenvalue weighted by Crippen LogP contribution is -2.12. The third-order valence-corrected chi connectivity index (χ3v) is 3.59. The Morgan fingerprint density at radius 1 is 1.19 bits per heavy atom.